The molecule has 0 bridgehead atoms. The highest BCUT2D eigenvalue weighted by Gasteiger charge is 2.04. The van der Waals surface area contributed by atoms with E-state index in [9.17, 15) is 13.2 Å². The van der Waals surface area contributed by atoms with Gasteiger partial charge in [-0.2, -0.15) is 5.10 Å². The number of anilines is 2. The normalized spacial score (nSPS) is 11.6. The van der Waals surface area contributed by atoms with Crippen molar-refractivity contribution >= 4 is 33.5 Å². The topological polar surface area (TPSA) is 93.1 Å². The molecule has 122 valence electrons. The average molecular weight is 334 g/mol. The molecule has 7 nitrogen and oxygen atoms in total. The molecule has 0 aliphatic rings. The highest BCUT2D eigenvalue weighted by atomic mass is 32.2. The van der Waals surface area contributed by atoms with Gasteiger partial charge in [0.2, 0.25) is 15.9 Å². The number of carbonyl (C=O) groups is 1. The number of aryl methyl sites for hydroxylation is 2. The van der Waals surface area contributed by atoms with Crippen LogP contribution in [0.1, 0.15) is 11.3 Å². The molecule has 0 atom stereocenters. The number of nitrogens with one attached hydrogen (secondary N) is 2. The Morgan fingerprint density at radius 2 is 1.91 bits per heavy atom. The first-order chi connectivity index (χ1) is 10.7. The third kappa shape index (κ3) is 5.26. The average Bonchev–Trinajstić information content (AvgIpc) is 2.74. The van der Waals surface area contributed by atoms with E-state index in [0.717, 1.165) is 17.5 Å². The second-order valence-electron chi connectivity index (χ2n) is 5.11. The third-order valence-corrected chi connectivity index (χ3v) is 3.50. The molecule has 0 saturated heterocycles. The Morgan fingerprint density at radius 3 is 2.43 bits per heavy atom. The molecule has 0 aliphatic heterocycles. The van der Waals surface area contributed by atoms with Gasteiger partial charge in [-0.25, -0.2) is 8.42 Å². The van der Waals surface area contributed by atoms with Crippen LogP contribution in [0.2, 0.25) is 0 Å². The number of aromatic nitrogens is 2. The summed E-state index contributed by atoms with van der Waals surface area (Å²) in [5.74, 6) is 0.344. The molecule has 8 heteroatoms. The summed E-state index contributed by atoms with van der Waals surface area (Å²) in [7, 11) is -1.54. The standard InChI is InChI=1S/C15H18N4O3S/c1-11-10-14(19(2)17-11)16-15(20)9-6-12-4-7-13(8-5-12)18-23(3,21)22/h4-10,18H,1-3H3,(H,16,20)/b9-6+. The quantitative estimate of drug-likeness (QED) is 0.815. The van der Waals surface area contributed by atoms with Gasteiger partial charge in [0.1, 0.15) is 5.82 Å². The van der Waals surface area contributed by atoms with Crippen molar-refractivity contribution in [2.75, 3.05) is 16.3 Å². The predicted molar refractivity (Wildman–Crippen MR) is 90.5 cm³/mol. The van der Waals surface area contributed by atoms with Gasteiger partial charge < -0.3 is 5.32 Å². The number of amides is 1. The molecule has 1 heterocycles. The summed E-state index contributed by atoms with van der Waals surface area (Å²) in [5, 5.41) is 6.87. The van der Waals surface area contributed by atoms with Crippen LogP contribution >= 0.6 is 0 Å². The summed E-state index contributed by atoms with van der Waals surface area (Å²) >= 11 is 0. The second kappa shape index (κ2) is 6.66. The Bertz CT molecular complexity index is 836. The van der Waals surface area contributed by atoms with Crippen molar-refractivity contribution in [3.63, 3.8) is 0 Å². The zero-order valence-corrected chi connectivity index (χ0v) is 13.9. The van der Waals surface area contributed by atoms with Crippen LogP contribution < -0.4 is 10.0 Å². The van der Waals surface area contributed by atoms with E-state index in [0.29, 0.717) is 11.5 Å². The minimum absolute atomic E-state index is 0.272. The van der Waals surface area contributed by atoms with Crippen LogP contribution in [-0.2, 0) is 21.9 Å². The first-order valence-electron chi connectivity index (χ1n) is 6.80. The molecule has 1 amide bonds. The zero-order chi connectivity index (χ0) is 17.0. The van der Waals surface area contributed by atoms with Crippen molar-refractivity contribution in [2.24, 2.45) is 7.05 Å². The minimum atomic E-state index is -3.29. The molecule has 23 heavy (non-hydrogen) atoms. The molecular formula is C15H18N4O3S. The van der Waals surface area contributed by atoms with Crippen molar-refractivity contribution in [2.45, 2.75) is 6.92 Å². The van der Waals surface area contributed by atoms with Crippen molar-refractivity contribution in [1.82, 2.24) is 9.78 Å². The fraction of sp³-hybridized carbons (Fsp3) is 0.200. The van der Waals surface area contributed by atoms with Gasteiger partial charge in [0.05, 0.1) is 11.9 Å². The van der Waals surface area contributed by atoms with Crippen LogP contribution in [0, 0.1) is 6.92 Å². The van der Waals surface area contributed by atoms with Crippen molar-refractivity contribution in [3.8, 4) is 0 Å². The number of carbonyl (C=O) groups excluding carboxylic acids is 1. The summed E-state index contributed by atoms with van der Waals surface area (Å²) in [6.07, 6.45) is 4.13. The van der Waals surface area contributed by atoms with E-state index in [1.807, 2.05) is 6.92 Å². The van der Waals surface area contributed by atoms with Gasteiger partial charge in [-0.05, 0) is 30.7 Å². The van der Waals surface area contributed by atoms with Gasteiger partial charge in [0.25, 0.3) is 0 Å². The van der Waals surface area contributed by atoms with E-state index in [2.05, 4.69) is 15.1 Å². The zero-order valence-electron chi connectivity index (χ0n) is 13.1. The van der Waals surface area contributed by atoms with E-state index in [4.69, 9.17) is 0 Å². The molecule has 2 aromatic rings. The van der Waals surface area contributed by atoms with E-state index < -0.39 is 10.0 Å². The Kier molecular flexibility index (Phi) is 4.85. The lowest BCUT2D eigenvalue weighted by atomic mass is 10.2. The maximum Gasteiger partial charge on any atom is 0.249 e. The molecule has 0 radical (unpaired) electrons. The van der Waals surface area contributed by atoms with Gasteiger partial charge >= 0.3 is 0 Å². The Hall–Kier alpha value is -2.61. The lowest BCUT2D eigenvalue weighted by molar-refractivity contribution is -0.111. The number of nitrogens with zero attached hydrogens (tertiary/aromatic N) is 2. The van der Waals surface area contributed by atoms with Gasteiger partial charge in [0.15, 0.2) is 0 Å². The van der Waals surface area contributed by atoms with Crippen LogP contribution in [0.4, 0.5) is 11.5 Å². The molecular weight excluding hydrogens is 316 g/mol. The minimum Gasteiger partial charge on any atom is -0.307 e. The van der Waals surface area contributed by atoms with Crippen molar-refractivity contribution in [3.05, 3.63) is 47.7 Å². The van der Waals surface area contributed by atoms with Crippen molar-refractivity contribution in [1.29, 1.82) is 0 Å². The summed E-state index contributed by atoms with van der Waals surface area (Å²) in [6, 6.07) is 8.46. The smallest absolute Gasteiger partial charge is 0.249 e. The number of benzene rings is 1. The van der Waals surface area contributed by atoms with Crippen LogP contribution in [0.5, 0.6) is 0 Å². The molecule has 2 N–H and O–H groups in total. The molecule has 0 aliphatic carbocycles. The fourth-order valence-electron chi connectivity index (χ4n) is 1.94. The highest BCUT2D eigenvalue weighted by molar-refractivity contribution is 7.92. The molecule has 0 saturated carbocycles. The maximum atomic E-state index is 11.9. The van der Waals surface area contributed by atoms with E-state index in [-0.39, 0.29) is 5.91 Å². The molecule has 2 rings (SSSR count). The third-order valence-electron chi connectivity index (χ3n) is 2.89. The summed E-state index contributed by atoms with van der Waals surface area (Å²) in [5.41, 5.74) is 2.07. The molecule has 0 fully saturated rings. The Morgan fingerprint density at radius 1 is 1.26 bits per heavy atom. The first kappa shape index (κ1) is 16.8. The molecule has 0 spiro atoms. The van der Waals surface area contributed by atoms with Crippen LogP contribution in [0.15, 0.2) is 36.4 Å². The maximum absolute atomic E-state index is 11.9. The van der Waals surface area contributed by atoms with Crippen molar-refractivity contribution < 1.29 is 13.2 Å². The van der Waals surface area contributed by atoms with E-state index in [1.54, 1.807) is 48.1 Å². The predicted octanol–water partition coefficient (Wildman–Crippen LogP) is 1.75. The lowest BCUT2D eigenvalue weighted by Crippen LogP contribution is -2.11. The van der Waals surface area contributed by atoms with Gasteiger partial charge in [-0.1, -0.05) is 12.1 Å². The lowest BCUT2D eigenvalue weighted by Gasteiger charge is -2.04. The fourth-order valence-corrected chi connectivity index (χ4v) is 2.51. The van der Waals surface area contributed by atoms with Gasteiger partial charge in [-0.3, -0.25) is 14.2 Å². The number of sulfonamides is 1. The van der Waals surface area contributed by atoms with Gasteiger partial charge in [0, 0.05) is 24.9 Å². The van der Waals surface area contributed by atoms with Crippen LogP contribution in [0.3, 0.4) is 0 Å². The monoisotopic (exact) mass is 334 g/mol. The van der Waals surface area contributed by atoms with Gasteiger partial charge in [-0.15, -0.1) is 0 Å². The first-order valence-corrected chi connectivity index (χ1v) is 8.70. The SMILES string of the molecule is Cc1cc(NC(=O)/C=C/c2ccc(NS(C)(=O)=O)cc2)n(C)n1. The second-order valence-corrected chi connectivity index (χ2v) is 6.86. The Balaban J connectivity index is 1.99. The summed E-state index contributed by atoms with van der Waals surface area (Å²) in [6.45, 7) is 1.84. The van der Waals surface area contributed by atoms with Crippen LogP contribution in [0.25, 0.3) is 6.08 Å². The number of rotatable bonds is 5. The summed E-state index contributed by atoms with van der Waals surface area (Å²) in [4.78, 5) is 11.9. The molecule has 1 aromatic heterocycles. The largest absolute Gasteiger partial charge is 0.307 e. The van der Waals surface area contributed by atoms with E-state index >= 15 is 0 Å². The molecule has 0 unspecified atom stereocenters. The number of hydrogen-bond donors (Lipinski definition) is 2. The number of hydrogen-bond acceptors (Lipinski definition) is 4. The van der Waals surface area contributed by atoms with E-state index in [1.165, 1.54) is 6.08 Å². The molecule has 1 aromatic carbocycles. The Labute approximate surface area is 135 Å². The highest BCUT2D eigenvalue weighted by Crippen LogP contribution is 2.12. The van der Waals surface area contributed by atoms with Crippen LogP contribution in [-0.4, -0.2) is 30.4 Å². The summed E-state index contributed by atoms with van der Waals surface area (Å²) < 4.78 is 26.2.